The SMILES string of the molecule is O=C(Nc1ccc(CC(=O)N2CCCC2)cc1)C1CCN(S(=O)(=O)c2ccccc2)CC1. The van der Waals surface area contributed by atoms with Crippen molar-refractivity contribution in [3.63, 3.8) is 0 Å². The van der Waals surface area contributed by atoms with Crippen LogP contribution >= 0.6 is 0 Å². The molecule has 2 aromatic rings. The lowest BCUT2D eigenvalue weighted by atomic mass is 9.97. The highest BCUT2D eigenvalue weighted by molar-refractivity contribution is 7.89. The molecule has 2 amide bonds. The Morgan fingerprint density at radius 3 is 2.12 bits per heavy atom. The molecule has 2 saturated heterocycles. The van der Waals surface area contributed by atoms with Gasteiger partial charge >= 0.3 is 0 Å². The third-order valence-electron chi connectivity index (χ3n) is 6.24. The number of hydrogen-bond donors (Lipinski definition) is 1. The predicted octanol–water partition coefficient (Wildman–Crippen LogP) is 2.89. The van der Waals surface area contributed by atoms with Crippen molar-refractivity contribution in [2.75, 3.05) is 31.5 Å². The standard InChI is InChI=1S/C24H29N3O4S/c28-23(26-14-4-5-15-26)18-19-8-10-21(11-9-19)25-24(29)20-12-16-27(17-13-20)32(30,31)22-6-2-1-3-7-22/h1-3,6-11,20H,4-5,12-18H2,(H,25,29). The maximum absolute atomic E-state index is 12.7. The van der Waals surface area contributed by atoms with Crippen LogP contribution in [0.1, 0.15) is 31.2 Å². The quantitative estimate of drug-likeness (QED) is 0.726. The Bertz CT molecular complexity index is 1040. The van der Waals surface area contributed by atoms with E-state index in [0.717, 1.165) is 31.5 Å². The van der Waals surface area contributed by atoms with Gasteiger partial charge in [-0.1, -0.05) is 30.3 Å². The fraction of sp³-hybridized carbons (Fsp3) is 0.417. The predicted molar refractivity (Wildman–Crippen MR) is 123 cm³/mol. The molecule has 8 heteroatoms. The van der Waals surface area contributed by atoms with E-state index in [0.29, 0.717) is 38.0 Å². The summed E-state index contributed by atoms with van der Waals surface area (Å²) in [6, 6.07) is 15.8. The molecule has 1 N–H and O–H groups in total. The van der Waals surface area contributed by atoms with E-state index in [-0.39, 0.29) is 22.6 Å². The molecule has 2 fully saturated rings. The fourth-order valence-electron chi connectivity index (χ4n) is 4.30. The Labute approximate surface area is 189 Å². The van der Waals surface area contributed by atoms with Gasteiger partial charge in [0.05, 0.1) is 11.3 Å². The Hall–Kier alpha value is -2.71. The minimum atomic E-state index is -3.52. The van der Waals surface area contributed by atoms with E-state index < -0.39 is 10.0 Å². The second-order valence-electron chi connectivity index (χ2n) is 8.44. The molecule has 0 aliphatic carbocycles. The zero-order valence-corrected chi connectivity index (χ0v) is 18.9. The largest absolute Gasteiger partial charge is 0.342 e. The summed E-state index contributed by atoms with van der Waals surface area (Å²) in [7, 11) is -3.52. The van der Waals surface area contributed by atoms with Crippen LogP contribution in [0.25, 0.3) is 0 Å². The molecule has 4 rings (SSSR count). The van der Waals surface area contributed by atoms with Crippen LogP contribution in [0.4, 0.5) is 5.69 Å². The van der Waals surface area contributed by atoms with Gasteiger partial charge in [0, 0.05) is 37.8 Å². The minimum Gasteiger partial charge on any atom is -0.342 e. The van der Waals surface area contributed by atoms with Crippen LogP contribution in [-0.2, 0) is 26.0 Å². The third kappa shape index (κ3) is 5.19. The molecular formula is C24H29N3O4S. The molecule has 0 spiro atoms. The lowest BCUT2D eigenvalue weighted by molar-refractivity contribution is -0.129. The normalized spacial score (nSPS) is 17.9. The fourth-order valence-corrected chi connectivity index (χ4v) is 5.79. The number of likely N-dealkylation sites (tertiary alicyclic amines) is 1. The number of sulfonamides is 1. The number of carbonyl (C=O) groups is 2. The number of nitrogens with zero attached hydrogens (tertiary/aromatic N) is 2. The molecule has 2 heterocycles. The molecular weight excluding hydrogens is 426 g/mol. The van der Waals surface area contributed by atoms with Crippen LogP contribution in [0, 0.1) is 5.92 Å². The lowest BCUT2D eigenvalue weighted by Crippen LogP contribution is -2.41. The van der Waals surface area contributed by atoms with E-state index >= 15 is 0 Å². The van der Waals surface area contributed by atoms with Crippen LogP contribution in [-0.4, -0.2) is 55.6 Å². The number of benzene rings is 2. The number of carbonyl (C=O) groups excluding carboxylic acids is 2. The number of piperidine rings is 1. The number of hydrogen-bond acceptors (Lipinski definition) is 4. The van der Waals surface area contributed by atoms with Crippen LogP contribution in [0.3, 0.4) is 0 Å². The molecule has 0 radical (unpaired) electrons. The van der Waals surface area contributed by atoms with Gasteiger partial charge in [0.1, 0.15) is 0 Å². The van der Waals surface area contributed by atoms with Crippen LogP contribution in [0.2, 0.25) is 0 Å². The number of anilines is 1. The second-order valence-corrected chi connectivity index (χ2v) is 10.4. The molecule has 0 saturated carbocycles. The van der Waals surface area contributed by atoms with E-state index in [4.69, 9.17) is 0 Å². The second kappa shape index (κ2) is 9.83. The molecule has 32 heavy (non-hydrogen) atoms. The summed E-state index contributed by atoms with van der Waals surface area (Å²) in [5.41, 5.74) is 1.62. The number of amides is 2. The van der Waals surface area contributed by atoms with E-state index in [2.05, 4.69) is 5.32 Å². The average molecular weight is 456 g/mol. The number of rotatable bonds is 6. The van der Waals surface area contributed by atoms with Gasteiger partial charge < -0.3 is 10.2 Å². The van der Waals surface area contributed by atoms with Crippen LogP contribution < -0.4 is 5.32 Å². The zero-order valence-electron chi connectivity index (χ0n) is 18.1. The van der Waals surface area contributed by atoms with Crippen molar-refractivity contribution < 1.29 is 18.0 Å². The van der Waals surface area contributed by atoms with Crippen molar-refractivity contribution in [2.45, 2.75) is 37.0 Å². The lowest BCUT2D eigenvalue weighted by Gasteiger charge is -2.30. The van der Waals surface area contributed by atoms with Gasteiger partial charge in [0.2, 0.25) is 21.8 Å². The Morgan fingerprint density at radius 2 is 1.50 bits per heavy atom. The summed E-state index contributed by atoms with van der Waals surface area (Å²) in [6.07, 6.45) is 3.50. The summed E-state index contributed by atoms with van der Waals surface area (Å²) in [6.45, 7) is 2.34. The first-order valence-corrected chi connectivity index (χ1v) is 12.6. The molecule has 170 valence electrons. The van der Waals surface area contributed by atoms with Crippen molar-refractivity contribution in [1.82, 2.24) is 9.21 Å². The monoisotopic (exact) mass is 455 g/mol. The Morgan fingerprint density at radius 1 is 0.875 bits per heavy atom. The van der Waals surface area contributed by atoms with Gasteiger partial charge in [-0.2, -0.15) is 4.31 Å². The summed E-state index contributed by atoms with van der Waals surface area (Å²) in [5, 5.41) is 2.93. The molecule has 0 unspecified atom stereocenters. The van der Waals surface area contributed by atoms with E-state index in [1.54, 1.807) is 30.3 Å². The summed E-state index contributed by atoms with van der Waals surface area (Å²) < 4.78 is 26.9. The van der Waals surface area contributed by atoms with Gasteiger partial charge in [-0.25, -0.2) is 8.42 Å². The van der Waals surface area contributed by atoms with Crippen LogP contribution in [0.15, 0.2) is 59.5 Å². The van der Waals surface area contributed by atoms with Crippen molar-refractivity contribution >= 4 is 27.5 Å². The minimum absolute atomic E-state index is 0.0948. The first kappa shape index (κ1) is 22.5. The van der Waals surface area contributed by atoms with E-state index in [1.165, 1.54) is 4.31 Å². The van der Waals surface area contributed by atoms with Gasteiger partial charge in [0.25, 0.3) is 0 Å². The molecule has 2 aliphatic heterocycles. The first-order valence-electron chi connectivity index (χ1n) is 11.2. The number of nitrogens with one attached hydrogen (secondary N) is 1. The van der Waals surface area contributed by atoms with Crippen molar-refractivity contribution in [1.29, 1.82) is 0 Å². The van der Waals surface area contributed by atoms with Gasteiger partial charge in [0.15, 0.2) is 0 Å². The van der Waals surface area contributed by atoms with Crippen molar-refractivity contribution in [3.05, 3.63) is 60.2 Å². The first-order chi connectivity index (χ1) is 15.4. The molecule has 2 aromatic carbocycles. The summed E-state index contributed by atoms with van der Waals surface area (Å²) in [5.74, 6) is -0.173. The molecule has 7 nitrogen and oxygen atoms in total. The highest BCUT2D eigenvalue weighted by Gasteiger charge is 2.32. The average Bonchev–Trinajstić information content (AvgIpc) is 3.36. The maximum Gasteiger partial charge on any atom is 0.243 e. The van der Waals surface area contributed by atoms with Gasteiger partial charge in [-0.15, -0.1) is 0 Å². The highest BCUT2D eigenvalue weighted by Crippen LogP contribution is 2.25. The van der Waals surface area contributed by atoms with Crippen molar-refractivity contribution in [2.24, 2.45) is 5.92 Å². The smallest absolute Gasteiger partial charge is 0.243 e. The van der Waals surface area contributed by atoms with E-state index in [9.17, 15) is 18.0 Å². The molecule has 0 atom stereocenters. The Kier molecular flexibility index (Phi) is 6.91. The van der Waals surface area contributed by atoms with E-state index in [1.807, 2.05) is 29.2 Å². The summed E-state index contributed by atoms with van der Waals surface area (Å²) in [4.78, 5) is 27.2. The van der Waals surface area contributed by atoms with Gasteiger partial charge in [-0.3, -0.25) is 9.59 Å². The summed E-state index contributed by atoms with van der Waals surface area (Å²) >= 11 is 0. The Balaban J connectivity index is 1.28. The zero-order chi connectivity index (χ0) is 22.6. The topological polar surface area (TPSA) is 86.8 Å². The third-order valence-corrected chi connectivity index (χ3v) is 8.15. The van der Waals surface area contributed by atoms with Crippen molar-refractivity contribution in [3.8, 4) is 0 Å². The molecule has 0 bridgehead atoms. The van der Waals surface area contributed by atoms with Gasteiger partial charge in [-0.05, 0) is 55.5 Å². The van der Waals surface area contributed by atoms with Crippen LogP contribution in [0.5, 0.6) is 0 Å². The highest BCUT2D eigenvalue weighted by atomic mass is 32.2. The maximum atomic E-state index is 12.7. The molecule has 0 aromatic heterocycles. The molecule has 2 aliphatic rings.